The fraction of sp³-hybridized carbons (Fsp3) is 0.947. The lowest BCUT2D eigenvalue weighted by atomic mass is 9.86. The van der Waals surface area contributed by atoms with Gasteiger partial charge in [0.1, 0.15) is 0 Å². The van der Waals surface area contributed by atoms with E-state index in [1.54, 1.807) is 7.05 Å². The number of hydrogen-bond donors (Lipinski definition) is 2. The van der Waals surface area contributed by atoms with Crippen molar-refractivity contribution in [3.63, 3.8) is 0 Å². The van der Waals surface area contributed by atoms with Gasteiger partial charge in [0.2, 0.25) is 10.0 Å². The zero-order valence-corrected chi connectivity index (χ0v) is 17.9. The third-order valence-electron chi connectivity index (χ3n) is 5.97. The van der Waals surface area contributed by atoms with Crippen LogP contribution in [0.4, 0.5) is 0 Å². The van der Waals surface area contributed by atoms with E-state index in [4.69, 9.17) is 9.47 Å². The zero-order chi connectivity index (χ0) is 19.8. The molecule has 28 heavy (non-hydrogen) atoms. The summed E-state index contributed by atoms with van der Waals surface area (Å²) in [5.74, 6) is 1.37. The predicted molar refractivity (Wildman–Crippen MR) is 110 cm³/mol. The van der Waals surface area contributed by atoms with Gasteiger partial charge in [-0.25, -0.2) is 13.1 Å². The topological polar surface area (TPSA) is 92.3 Å². The Morgan fingerprint density at radius 1 is 1.18 bits per heavy atom. The van der Waals surface area contributed by atoms with Crippen LogP contribution in [0.25, 0.3) is 0 Å². The summed E-state index contributed by atoms with van der Waals surface area (Å²) in [6, 6.07) is 0. The zero-order valence-electron chi connectivity index (χ0n) is 17.1. The Balaban J connectivity index is 1.31. The maximum Gasteiger partial charge on any atom is 0.213 e. The van der Waals surface area contributed by atoms with Gasteiger partial charge in [0, 0.05) is 39.8 Å². The Labute approximate surface area is 169 Å². The summed E-state index contributed by atoms with van der Waals surface area (Å²) < 4.78 is 38.6. The molecule has 0 spiro atoms. The van der Waals surface area contributed by atoms with E-state index in [1.807, 2.05) is 0 Å². The van der Waals surface area contributed by atoms with E-state index in [9.17, 15) is 8.42 Å². The standard InChI is InChI=1S/C19H36N4O4S/c1-20-19(21-9-13-28(24,25)22-14-16-4-2-5-16)23-10-7-17(8-11-23)27-15-18-6-3-12-26-18/h16-18,22H,2-15H2,1H3,(H,20,21). The van der Waals surface area contributed by atoms with E-state index < -0.39 is 10.0 Å². The predicted octanol–water partition coefficient (Wildman–Crippen LogP) is 0.941. The van der Waals surface area contributed by atoms with E-state index in [2.05, 4.69) is 19.9 Å². The monoisotopic (exact) mass is 416 g/mol. The second-order valence-electron chi connectivity index (χ2n) is 8.09. The molecule has 0 aromatic heterocycles. The van der Waals surface area contributed by atoms with Crippen LogP contribution in [0.1, 0.15) is 44.9 Å². The molecule has 0 bridgehead atoms. The maximum absolute atomic E-state index is 12.1. The first-order valence-electron chi connectivity index (χ1n) is 10.7. The average Bonchev–Trinajstić information content (AvgIpc) is 3.16. The SMILES string of the molecule is CN=C(NCCS(=O)(=O)NCC1CCC1)N1CCC(OCC2CCCO2)CC1. The number of hydrogen-bond acceptors (Lipinski definition) is 5. The number of aliphatic imine (C=N–C) groups is 1. The van der Waals surface area contributed by atoms with E-state index in [1.165, 1.54) is 6.42 Å². The molecule has 3 fully saturated rings. The molecule has 0 aromatic rings. The van der Waals surface area contributed by atoms with Crippen molar-refractivity contribution in [2.45, 2.75) is 57.2 Å². The van der Waals surface area contributed by atoms with Crippen molar-refractivity contribution in [1.29, 1.82) is 0 Å². The van der Waals surface area contributed by atoms with Crippen LogP contribution in [-0.4, -0.2) is 83.7 Å². The van der Waals surface area contributed by atoms with E-state index in [0.717, 1.165) is 64.2 Å². The Hall–Kier alpha value is -0.900. The number of guanidine groups is 1. The largest absolute Gasteiger partial charge is 0.376 e. The van der Waals surface area contributed by atoms with Gasteiger partial charge >= 0.3 is 0 Å². The maximum atomic E-state index is 12.1. The summed E-state index contributed by atoms with van der Waals surface area (Å²) >= 11 is 0. The molecule has 0 amide bonds. The lowest BCUT2D eigenvalue weighted by molar-refractivity contribution is -0.0367. The van der Waals surface area contributed by atoms with E-state index in [-0.39, 0.29) is 18.0 Å². The quantitative estimate of drug-likeness (QED) is 0.429. The molecule has 1 aliphatic carbocycles. The Morgan fingerprint density at radius 3 is 2.57 bits per heavy atom. The van der Waals surface area contributed by atoms with Gasteiger partial charge in [0.15, 0.2) is 5.96 Å². The summed E-state index contributed by atoms with van der Waals surface area (Å²) in [5.41, 5.74) is 0. The number of nitrogens with zero attached hydrogens (tertiary/aromatic N) is 2. The smallest absolute Gasteiger partial charge is 0.213 e. The molecule has 0 aromatic carbocycles. The summed E-state index contributed by atoms with van der Waals surface area (Å²) in [7, 11) is -1.49. The van der Waals surface area contributed by atoms with Crippen LogP contribution in [0.2, 0.25) is 0 Å². The van der Waals surface area contributed by atoms with Crippen molar-refractivity contribution in [2.75, 3.05) is 52.2 Å². The van der Waals surface area contributed by atoms with Crippen molar-refractivity contribution in [3.05, 3.63) is 0 Å². The normalized spacial score (nSPS) is 25.1. The van der Waals surface area contributed by atoms with Crippen LogP contribution in [0.3, 0.4) is 0 Å². The molecule has 1 saturated carbocycles. The molecule has 2 heterocycles. The molecule has 9 heteroatoms. The molecule has 162 valence electrons. The lowest BCUT2D eigenvalue weighted by Crippen LogP contribution is -2.48. The Kier molecular flexibility index (Phi) is 8.37. The second kappa shape index (κ2) is 10.8. The molecule has 1 unspecified atom stereocenters. The molecule has 0 radical (unpaired) electrons. The van der Waals surface area contributed by atoms with Gasteiger partial charge in [-0.2, -0.15) is 0 Å². The Bertz CT molecular complexity index is 595. The van der Waals surface area contributed by atoms with Gasteiger partial charge < -0.3 is 19.7 Å². The number of piperidine rings is 1. The summed E-state index contributed by atoms with van der Waals surface area (Å²) in [6.45, 7) is 4.23. The fourth-order valence-electron chi connectivity index (χ4n) is 3.90. The van der Waals surface area contributed by atoms with Crippen LogP contribution in [0.15, 0.2) is 4.99 Å². The van der Waals surface area contributed by atoms with Gasteiger partial charge in [-0.15, -0.1) is 0 Å². The number of sulfonamides is 1. The van der Waals surface area contributed by atoms with E-state index in [0.29, 0.717) is 25.6 Å². The minimum atomic E-state index is -3.23. The van der Waals surface area contributed by atoms with E-state index >= 15 is 0 Å². The number of ether oxygens (including phenoxy) is 2. The second-order valence-corrected chi connectivity index (χ2v) is 10.0. The van der Waals surface area contributed by atoms with Crippen molar-refractivity contribution in [1.82, 2.24) is 14.9 Å². The summed E-state index contributed by atoms with van der Waals surface area (Å²) in [6.07, 6.45) is 8.20. The first-order chi connectivity index (χ1) is 13.6. The van der Waals surface area contributed by atoms with Gasteiger partial charge in [-0.1, -0.05) is 6.42 Å². The van der Waals surface area contributed by atoms with Crippen LogP contribution >= 0.6 is 0 Å². The fourth-order valence-corrected chi connectivity index (χ4v) is 4.90. The highest BCUT2D eigenvalue weighted by atomic mass is 32.2. The van der Waals surface area contributed by atoms with Crippen molar-refractivity contribution >= 4 is 16.0 Å². The summed E-state index contributed by atoms with van der Waals surface area (Å²) in [5, 5.41) is 3.20. The van der Waals surface area contributed by atoms with Gasteiger partial charge in [0.25, 0.3) is 0 Å². The molecular formula is C19H36N4O4S. The Morgan fingerprint density at radius 2 is 1.96 bits per heavy atom. The van der Waals surface area contributed by atoms with Crippen molar-refractivity contribution < 1.29 is 17.9 Å². The number of rotatable bonds is 9. The first kappa shape index (κ1) is 21.8. The van der Waals surface area contributed by atoms with Crippen LogP contribution < -0.4 is 10.0 Å². The summed E-state index contributed by atoms with van der Waals surface area (Å²) in [4.78, 5) is 6.50. The highest BCUT2D eigenvalue weighted by Gasteiger charge is 2.24. The first-order valence-corrected chi connectivity index (χ1v) is 12.4. The van der Waals surface area contributed by atoms with Crippen LogP contribution in [0, 0.1) is 5.92 Å². The minimum absolute atomic E-state index is 0.0692. The van der Waals surface area contributed by atoms with Crippen LogP contribution in [0.5, 0.6) is 0 Å². The minimum Gasteiger partial charge on any atom is -0.376 e. The number of nitrogens with one attached hydrogen (secondary N) is 2. The average molecular weight is 417 g/mol. The number of likely N-dealkylation sites (tertiary alicyclic amines) is 1. The van der Waals surface area contributed by atoms with Crippen molar-refractivity contribution in [3.8, 4) is 0 Å². The molecule has 2 saturated heterocycles. The lowest BCUT2D eigenvalue weighted by Gasteiger charge is -2.34. The molecular weight excluding hydrogens is 380 g/mol. The van der Waals surface area contributed by atoms with Gasteiger partial charge in [0.05, 0.1) is 24.6 Å². The molecule has 3 aliphatic rings. The third-order valence-corrected chi connectivity index (χ3v) is 7.31. The molecule has 1 atom stereocenters. The molecule has 2 N–H and O–H groups in total. The highest BCUT2D eigenvalue weighted by Crippen LogP contribution is 2.25. The van der Waals surface area contributed by atoms with Gasteiger partial charge in [-0.3, -0.25) is 4.99 Å². The van der Waals surface area contributed by atoms with Gasteiger partial charge in [-0.05, 0) is 44.4 Å². The highest BCUT2D eigenvalue weighted by molar-refractivity contribution is 7.89. The van der Waals surface area contributed by atoms with Crippen LogP contribution in [-0.2, 0) is 19.5 Å². The molecule has 2 aliphatic heterocycles. The van der Waals surface area contributed by atoms with Crippen molar-refractivity contribution in [2.24, 2.45) is 10.9 Å². The molecule has 3 rings (SSSR count). The molecule has 8 nitrogen and oxygen atoms in total. The third kappa shape index (κ3) is 6.86.